The molecule has 0 fully saturated rings. The van der Waals surface area contributed by atoms with Gasteiger partial charge in [-0.05, 0) is 33.6 Å². The minimum atomic E-state index is -0.912. The van der Waals surface area contributed by atoms with Crippen molar-refractivity contribution in [2.24, 2.45) is 11.7 Å². The quantitative estimate of drug-likeness (QED) is 0.615. The van der Waals surface area contributed by atoms with Crippen molar-refractivity contribution in [2.75, 3.05) is 0 Å². The Morgan fingerprint density at radius 1 is 1.28 bits per heavy atom. The molecule has 0 aliphatic carbocycles. The molecule has 0 aromatic carbocycles. The van der Waals surface area contributed by atoms with Crippen molar-refractivity contribution in [1.29, 1.82) is 0 Å². The van der Waals surface area contributed by atoms with Crippen LogP contribution in [0.2, 0.25) is 0 Å². The van der Waals surface area contributed by atoms with E-state index in [9.17, 15) is 9.59 Å². The van der Waals surface area contributed by atoms with E-state index in [0.717, 1.165) is 19.3 Å². The molecule has 0 rings (SSSR count). The lowest BCUT2D eigenvalue weighted by molar-refractivity contribution is -0.138. The van der Waals surface area contributed by atoms with Gasteiger partial charge in [-0.1, -0.05) is 13.3 Å². The van der Waals surface area contributed by atoms with Crippen LogP contribution in [-0.2, 0) is 9.59 Å². The molecule has 0 spiro atoms. The Balaban J connectivity index is 4.10. The van der Waals surface area contributed by atoms with Crippen LogP contribution < -0.4 is 11.1 Å². The molecule has 0 aromatic rings. The SMILES string of the molecule is CC(N)CCCC(C)C(=O)NC(C)(C)CC(=O)O. The Hall–Kier alpha value is -1.10. The van der Waals surface area contributed by atoms with E-state index >= 15 is 0 Å². The molecule has 4 N–H and O–H groups in total. The summed E-state index contributed by atoms with van der Waals surface area (Å²) in [6.45, 7) is 7.23. The lowest BCUT2D eigenvalue weighted by Crippen LogP contribution is -2.47. The van der Waals surface area contributed by atoms with E-state index < -0.39 is 11.5 Å². The van der Waals surface area contributed by atoms with Crippen molar-refractivity contribution in [3.8, 4) is 0 Å². The topological polar surface area (TPSA) is 92.4 Å². The number of carboxylic acid groups (broad SMARTS) is 1. The molecule has 18 heavy (non-hydrogen) atoms. The van der Waals surface area contributed by atoms with Gasteiger partial charge < -0.3 is 16.2 Å². The molecule has 5 nitrogen and oxygen atoms in total. The van der Waals surface area contributed by atoms with Crippen LogP contribution in [0, 0.1) is 5.92 Å². The molecule has 0 heterocycles. The number of nitrogens with two attached hydrogens (primary N) is 1. The Morgan fingerprint density at radius 2 is 1.83 bits per heavy atom. The molecule has 0 saturated heterocycles. The molecule has 2 atom stereocenters. The largest absolute Gasteiger partial charge is 0.481 e. The van der Waals surface area contributed by atoms with E-state index in [1.54, 1.807) is 13.8 Å². The monoisotopic (exact) mass is 258 g/mol. The number of carboxylic acids is 1. The fraction of sp³-hybridized carbons (Fsp3) is 0.846. The summed E-state index contributed by atoms with van der Waals surface area (Å²) in [6, 6.07) is 0.156. The van der Waals surface area contributed by atoms with Gasteiger partial charge in [0.1, 0.15) is 0 Å². The van der Waals surface area contributed by atoms with E-state index in [2.05, 4.69) is 5.32 Å². The van der Waals surface area contributed by atoms with Crippen molar-refractivity contribution in [1.82, 2.24) is 5.32 Å². The van der Waals surface area contributed by atoms with Gasteiger partial charge in [-0.25, -0.2) is 0 Å². The summed E-state index contributed by atoms with van der Waals surface area (Å²) < 4.78 is 0. The smallest absolute Gasteiger partial charge is 0.305 e. The van der Waals surface area contributed by atoms with Gasteiger partial charge in [0.2, 0.25) is 5.91 Å². The number of nitrogens with one attached hydrogen (secondary N) is 1. The van der Waals surface area contributed by atoms with Crippen LogP contribution >= 0.6 is 0 Å². The van der Waals surface area contributed by atoms with Gasteiger partial charge in [0, 0.05) is 17.5 Å². The molecule has 0 saturated carbocycles. The highest BCUT2D eigenvalue weighted by Crippen LogP contribution is 2.13. The summed E-state index contributed by atoms with van der Waals surface area (Å²) in [5.41, 5.74) is 4.94. The van der Waals surface area contributed by atoms with Gasteiger partial charge in [-0.3, -0.25) is 9.59 Å². The van der Waals surface area contributed by atoms with E-state index in [1.165, 1.54) is 0 Å². The molecular formula is C13H26N2O3. The van der Waals surface area contributed by atoms with Crippen LogP contribution in [0.3, 0.4) is 0 Å². The highest BCUT2D eigenvalue weighted by molar-refractivity contribution is 5.80. The van der Waals surface area contributed by atoms with Crippen LogP contribution in [0.15, 0.2) is 0 Å². The first kappa shape index (κ1) is 16.9. The van der Waals surface area contributed by atoms with Gasteiger partial charge in [0.15, 0.2) is 0 Å². The second-order valence-electron chi connectivity index (χ2n) is 5.75. The number of hydrogen-bond acceptors (Lipinski definition) is 3. The summed E-state index contributed by atoms with van der Waals surface area (Å²) in [6.07, 6.45) is 2.50. The normalized spacial score (nSPS) is 14.9. The van der Waals surface area contributed by atoms with Crippen molar-refractivity contribution < 1.29 is 14.7 Å². The van der Waals surface area contributed by atoms with E-state index in [4.69, 9.17) is 10.8 Å². The number of amides is 1. The maximum Gasteiger partial charge on any atom is 0.305 e. The third-order valence-electron chi connectivity index (χ3n) is 2.80. The zero-order valence-electron chi connectivity index (χ0n) is 11.8. The van der Waals surface area contributed by atoms with Crippen molar-refractivity contribution in [3.05, 3.63) is 0 Å². The van der Waals surface area contributed by atoms with Crippen molar-refractivity contribution in [2.45, 2.75) is 65.0 Å². The first-order chi connectivity index (χ1) is 8.14. The zero-order valence-corrected chi connectivity index (χ0v) is 11.8. The summed E-state index contributed by atoms with van der Waals surface area (Å²) in [5, 5.41) is 11.5. The number of aliphatic carboxylic acids is 1. The molecule has 0 aliphatic rings. The first-order valence-electron chi connectivity index (χ1n) is 6.43. The maximum atomic E-state index is 11.9. The van der Waals surface area contributed by atoms with Gasteiger partial charge >= 0.3 is 5.97 Å². The van der Waals surface area contributed by atoms with Crippen molar-refractivity contribution >= 4 is 11.9 Å². The molecule has 106 valence electrons. The van der Waals surface area contributed by atoms with Crippen LogP contribution in [0.5, 0.6) is 0 Å². The van der Waals surface area contributed by atoms with Crippen LogP contribution in [0.1, 0.15) is 53.4 Å². The van der Waals surface area contributed by atoms with E-state index in [-0.39, 0.29) is 24.3 Å². The molecule has 1 amide bonds. The Bertz CT molecular complexity index is 288. The van der Waals surface area contributed by atoms with Gasteiger partial charge in [-0.15, -0.1) is 0 Å². The predicted molar refractivity (Wildman–Crippen MR) is 71.1 cm³/mol. The molecule has 0 aromatic heterocycles. The molecule has 2 unspecified atom stereocenters. The van der Waals surface area contributed by atoms with Gasteiger partial charge in [0.25, 0.3) is 0 Å². The number of carbonyl (C=O) groups excluding carboxylic acids is 1. The fourth-order valence-corrected chi connectivity index (χ4v) is 1.76. The standard InChI is InChI=1S/C13H26N2O3/c1-9(6-5-7-10(2)14)12(18)15-13(3,4)8-11(16)17/h9-10H,5-8,14H2,1-4H3,(H,15,18)(H,16,17). The minimum absolute atomic E-state index is 0.0781. The second kappa shape index (κ2) is 7.36. The lowest BCUT2D eigenvalue weighted by Gasteiger charge is -2.26. The maximum absolute atomic E-state index is 11.9. The first-order valence-corrected chi connectivity index (χ1v) is 6.43. The molecule has 0 bridgehead atoms. The highest BCUT2D eigenvalue weighted by Gasteiger charge is 2.25. The third kappa shape index (κ3) is 8.06. The predicted octanol–water partition coefficient (Wildman–Crippen LogP) is 1.51. The van der Waals surface area contributed by atoms with E-state index in [0.29, 0.717) is 0 Å². The van der Waals surface area contributed by atoms with Crippen molar-refractivity contribution in [3.63, 3.8) is 0 Å². The molecule has 0 aliphatic heterocycles. The average Bonchev–Trinajstić information content (AvgIpc) is 2.13. The lowest BCUT2D eigenvalue weighted by atomic mass is 9.97. The van der Waals surface area contributed by atoms with Gasteiger partial charge in [-0.2, -0.15) is 0 Å². The summed E-state index contributed by atoms with van der Waals surface area (Å²) >= 11 is 0. The number of rotatable bonds is 8. The average molecular weight is 258 g/mol. The zero-order chi connectivity index (χ0) is 14.3. The molecule has 0 radical (unpaired) electrons. The third-order valence-corrected chi connectivity index (χ3v) is 2.80. The van der Waals surface area contributed by atoms with Gasteiger partial charge in [0.05, 0.1) is 6.42 Å². The summed E-state index contributed by atoms with van der Waals surface area (Å²) in [4.78, 5) is 22.5. The Labute approximate surface area is 109 Å². The Morgan fingerprint density at radius 3 is 2.28 bits per heavy atom. The highest BCUT2D eigenvalue weighted by atomic mass is 16.4. The molecular weight excluding hydrogens is 232 g/mol. The van der Waals surface area contributed by atoms with Crippen LogP contribution in [-0.4, -0.2) is 28.6 Å². The fourth-order valence-electron chi connectivity index (χ4n) is 1.76. The van der Waals surface area contributed by atoms with Crippen LogP contribution in [0.25, 0.3) is 0 Å². The minimum Gasteiger partial charge on any atom is -0.481 e. The summed E-state index contributed by atoms with van der Waals surface area (Å²) in [5.74, 6) is -1.12. The van der Waals surface area contributed by atoms with Crippen LogP contribution in [0.4, 0.5) is 0 Å². The molecule has 5 heteroatoms. The van der Waals surface area contributed by atoms with E-state index in [1.807, 2.05) is 13.8 Å². The summed E-state index contributed by atoms with van der Waals surface area (Å²) in [7, 11) is 0. The number of hydrogen-bond donors (Lipinski definition) is 3. The number of carbonyl (C=O) groups is 2. The Kier molecular flexibility index (Phi) is 6.91. The second-order valence-corrected chi connectivity index (χ2v) is 5.75.